The molecular weight excluding hydrogens is 250 g/mol. The molecule has 1 N–H and O–H groups in total. The van der Waals surface area contributed by atoms with Gasteiger partial charge in [0.05, 0.1) is 12.8 Å². The SMILES string of the molecule is COc1cc(-c2cnc3[nH]c[c]c3c2)ccc1N(C)C. The van der Waals surface area contributed by atoms with Crippen LogP contribution in [0.25, 0.3) is 22.2 Å². The van der Waals surface area contributed by atoms with Crippen molar-refractivity contribution in [2.24, 2.45) is 0 Å². The Labute approximate surface area is 118 Å². The number of H-pyrrole nitrogens is 1. The van der Waals surface area contributed by atoms with Crippen molar-refractivity contribution in [1.29, 1.82) is 0 Å². The van der Waals surface area contributed by atoms with Crippen molar-refractivity contribution in [3.63, 3.8) is 0 Å². The lowest BCUT2D eigenvalue weighted by molar-refractivity contribution is 0.415. The monoisotopic (exact) mass is 266 g/mol. The van der Waals surface area contributed by atoms with Crippen LogP contribution < -0.4 is 9.64 Å². The molecular formula is C16H16N3O. The smallest absolute Gasteiger partial charge is 0.142 e. The lowest BCUT2D eigenvalue weighted by atomic mass is 10.1. The number of ether oxygens (including phenoxy) is 1. The molecule has 3 rings (SSSR count). The number of nitrogens with zero attached hydrogens (tertiary/aromatic N) is 2. The molecule has 1 aromatic carbocycles. The van der Waals surface area contributed by atoms with Gasteiger partial charge < -0.3 is 14.6 Å². The largest absolute Gasteiger partial charge is 0.495 e. The van der Waals surface area contributed by atoms with Crippen molar-refractivity contribution in [3.05, 3.63) is 42.7 Å². The highest BCUT2D eigenvalue weighted by Crippen LogP contribution is 2.32. The number of pyridine rings is 1. The first-order chi connectivity index (χ1) is 9.69. The van der Waals surface area contributed by atoms with Gasteiger partial charge in [-0.05, 0) is 23.8 Å². The molecule has 1 radical (unpaired) electrons. The number of aromatic amines is 1. The van der Waals surface area contributed by atoms with E-state index in [4.69, 9.17) is 4.74 Å². The van der Waals surface area contributed by atoms with E-state index in [1.165, 1.54) is 0 Å². The summed E-state index contributed by atoms with van der Waals surface area (Å²) in [5.41, 5.74) is 4.04. The highest BCUT2D eigenvalue weighted by atomic mass is 16.5. The fourth-order valence-corrected chi connectivity index (χ4v) is 2.26. The van der Waals surface area contributed by atoms with Crippen LogP contribution in [0.1, 0.15) is 0 Å². The van der Waals surface area contributed by atoms with Gasteiger partial charge in [0.25, 0.3) is 0 Å². The molecule has 0 saturated heterocycles. The van der Waals surface area contributed by atoms with Crippen LogP contribution in [0.5, 0.6) is 5.75 Å². The number of methoxy groups -OCH3 is 1. The normalized spacial score (nSPS) is 10.8. The fourth-order valence-electron chi connectivity index (χ4n) is 2.26. The molecule has 0 bridgehead atoms. The summed E-state index contributed by atoms with van der Waals surface area (Å²) in [5, 5.41) is 0.984. The second kappa shape index (κ2) is 4.89. The van der Waals surface area contributed by atoms with Gasteiger partial charge in [0.2, 0.25) is 0 Å². The average Bonchev–Trinajstić information content (AvgIpc) is 2.93. The quantitative estimate of drug-likeness (QED) is 0.792. The minimum absolute atomic E-state index is 0.852. The van der Waals surface area contributed by atoms with Gasteiger partial charge >= 0.3 is 0 Å². The molecule has 101 valence electrons. The molecule has 4 nitrogen and oxygen atoms in total. The summed E-state index contributed by atoms with van der Waals surface area (Å²) in [6.45, 7) is 0. The van der Waals surface area contributed by atoms with Crippen LogP contribution in [0, 0.1) is 6.07 Å². The van der Waals surface area contributed by atoms with Crippen LogP contribution in [-0.2, 0) is 0 Å². The zero-order valence-corrected chi connectivity index (χ0v) is 11.8. The van der Waals surface area contributed by atoms with E-state index >= 15 is 0 Å². The van der Waals surface area contributed by atoms with E-state index in [0.717, 1.165) is 33.6 Å². The van der Waals surface area contributed by atoms with Gasteiger partial charge in [-0.2, -0.15) is 0 Å². The number of fused-ring (bicyclic) bond motifs is 1. The van der Waals surface area contributed by atoms with Crippen molar-refractivity contribution in [1.82, 2.24) is 9.97 Å². The predicted octanol–water partition coefficient (Wildman–Crippen LogP) is 3.10. The Hall–Kier alpha value is -2.49. The highest BCUT2D eigenvalue weighted by molar-refractivity contribution is 5.81. The van der Waals surface area contributed by atoms with Gasteiger partial charge in [-0.15, -0.1) is 0 Å². The zero-order valence-electron chi connectivity index (χ0n) is 11.8. The van der Waals surface area contributed by atoms with E-state index in [0.29, 0.717) is 0 Å². The summed E-state index contributed by atoms with van der Waals surface area (Å²) in [6, 6.07) is 11.4. The number of nitrogens with one attached hydrogen (secondary N) is 1. The molecule has 0 unspecified atom stereocenters. The fraction of sp³-hybridized carbons (Fsp3) is 0.188. The first kappa shape index (κ1) is 12.5. The minimum Gasteiger partial charge on any atom is -0.495 e. The summed E-state index contributed by atoms with van der Waals surface area (Å²) in [6.07, 6.45) is 3.63. The summed E-state index contributed by atoms with van der Waals surface area (Å²) in [5.74, 6) is 0.852. The molecule has 2 heterocycles. The second-order valence-electron chi connectivity index (χ2n) is 4.83. The Morgan fingerprint density at radius 2 is 2.05 bits per heavy atom. The molecule has 0 aliphatic rings. The Morgan fingerprint density at radius 1 is 1.20 bits per heavy atom. The number of rotatable bonds is 3. The lowest BCUT2D eigenvalue weighted by Crippen LogP contribution is -2.09. The standard InChI is InChI=1S/C16H16N3O/c1-19(2)14-5-4-11(9-15(14)20-3)13-8-12-6-7-17-16(12)18-10-13/h4-5,7-10H,1-3H3,(H,17,18). The maximum absolute atomic E-state index is 5.47. The number of hydrogen-bond acceptors (Lipinski definition) is 3. The first-order valence-corrected chi connectivity index (χ1v) is 6.39. The van der Waals surface area contributed by atoms with Gasteiger partial charge in [-0.1, -0.05) is 6.07 Å². The number of anilines is 1. The van der Waals surface area contributed by atoms with Crippen molar-refractivity contribution >= 4 is 16.7 Å². The molecule has 0 atom stereocenters. The van der Waals surface area contributed by atoms with Gasteiger partial charge in [-0.25, -0.2) is 4.98 Å². The maximum Gasteiger partial charge on any atom is 0.142 e. The third-order valence-corrected chi connectivity index (χ3v) is 3.32. The summed E-state index contributed by atoms with van der Waals surface area (Å²) < 4.78 is 5.47. The van der Waals surface area contributed by atoms with Crippen LogP contribution in [0.15, 0.2) is 36.7 Å². The van der Waals surface area contributed by atoms with Crippen LogP contribution in [0.4, 0.5) is 5.69 Å². The van der Waals surface area contributed by atoms with E-state index in [1.54, 1.807) is 13.3 Å². The Balaban J connectivity index is 2.09. The molecule has 0 fully saturated rings. The summed E-state index contributed by atoms with van der Waals surface area (Å²) in [7, 11) is 5.69. The van der Waals surface area contributed by atoms with Crippen molar-refractivity contribution in [2.75, 3.05) is 26.1 Å². The summed E-state index contributed by atoms with van der Waals surface area (Å²) in [4.78, 5) is 9.47. The van der Waals surface area contributed by atoms with Crippen molar-refractivity contribution < 1.29 is 4.74 Å². The van der Waals surface area contributed by atoms with E-state index in [2.05, 4.69) is 34.2 Å². The van der Waals surface area contributed by atoms with Gasteiger partial charge in [0.1, 0.15) is 11.4 Å². The van der Waals surface area contributed by atoms with E-state index < -0.39 is 0 Å². The van der Waals surface area contributed by atoms with E-state index in [9.17, 15) is 0 Å². The zero-order chi connectivity index (χ0) is 14.1. The highest BCUT2D eigenvalue weighted by Gasteiger charge is 2.08. The third kappa shape index (κ3) is 2.09. The Bertz CT molecular complexity index is 746. The molecule has 0 spiro atoms. The lowest BCUT2D eigenvalue weighted by Gasteiger charge is -2.17. The number of benzene rings is 1. The number of hydrogen-bond donors (Lipinski definition) is 1. The van der Waals surface area contributed by atoms with Crippen molar-refractivity contribution in [2.45, 2.75) is 0 Å². The van der Waals surface area contributed by atoms with Crippen LogP contribution in [0.2, 0.25) is 0 Å². The topological polar surface area (TPSA) is 41.1 Å². The van der Waals surface area contributed by atoms with E-state index in [1.807, 2.05) is 31.3 Å². The predicted molar refractivity (Wildman–Crippen MR) is 81.2 cm³/mol. The molecule has 3 aromatic rings. The molecule has 0 amide bonds. The molecule has 0 aliphatic carbocycles. The molecule has 4 heteroatoms. The second-order valence-corrected chi connectivity index (χ2v) is 4.83. The molecule has 2 aromatic heterocycles. The Kier molecular flexibility index (Phi) is 3.06. The molecule has 0 aliphatic heterocycles. The average molecular weight is 266 g/mol. The third-order valence-electron chi connectivity index (χ3n) is 3.32. The van der Waals surface area contributed by atoms with Crippen LogP contribution in [0.3, 0.4) is 0 Å². The van der Waals surface area contributed by atoms with Crippen LogP contribution in [-0.4, -0.2) is 31.2 Å². The van der Waals surface area contributed by atoms with Crippen LogP contribution >= 0.6 is 0 Å². The van der Waals surface area contributed by atoms with Gasteiger partial charge in [0.15, 0.2) is 0 Å². The molecule has 20 heavy (non-hydrogen) atoms. The first-order valence-electron chi connectivity index (χ1n) is 6.39. The maximum atomic E-state index is 5.47. The van der Waals surface area contributed by atoms with E-state index in [-0.39, 0.29) is 0 Å². The number of aromatic nitrogens is 2. The minimum atomic E-state index is 0.852. The molecule has 0 saturated carbocycles. The summed E-state index contributed by atoms with van der Waals surface area (Å²) >= 11 is 0. The van der Waals surface area contributed by atoms with Gasteiger partial charge in [-0.3, -0.25) is 0 Å². The Morgan fingerprint density at radius 3 is 2.80 bits per heavy atom. The van der Waals surface area contributed by atoms with Gasteiger partial charge in [0, 0.05) is 43.5 Å². The van der Waals surface area contributed by atoms with Crippen molar-refractivity contribution in [3.8, 4) is 16.9 Å².